The highest BCUT2D eigenvalue weighted by Gasteiger charge is 2.52. The normalized spacial score (nSPS) is 23.2. The molecule has 1 fully saturated rings. The molecule has 3 aromatic rings. The first-order chi connectivity index (χ1) is 10.8. The van der Waals surface area contributed by atoms with Gasteiger partial charge in [0.25, 0.3) is 0 Å². The highest BCUT2D eigenvalue weighted by Crippen LogP contribution is 2.66. The van der Waals surface area contributed by atoms with Gasteiger partial charge in [-0.3, -0.25) is 0 Å². The molecule has 0 nitrogen and oxygen atoms in total. The molecule has 4 rings (SSSR count). The van der Waals surface area contributed by atoms with E-state index < -0.39 is 0 Å². The fraction of sp³-hybridized carbons (Fsp3) is 0.143. The number of rotatable bonds is 3. The van der Waals surface area contributed by atoms with Crippen LogP contribution in [0, 0.1) is 0 Å². The van der Waals surface area contributed by atoms with Gasteiger partial charge in [-0.2, -0.15) is 0 Å². The second-order valence-electron chi connectivity index (χ2n) is 5.95. The van der Waals surface area contributed by atoms with Gasteiger partial charge in [-0.1, -0.05) is 84.4 Å². The molecule has 22 heavy (non-hydrogen) atoms. The summed E-state index contributed by atoms with van der Waals surface area (Å²) in [6, 6.07) is 30.0. The zero-order valence-corrected chi connectivity index (χ0v) is 12.9. The summed E-state index contributed by atoms with van der Waals surface area (Å²) in [4.78, 5) is 0. The highest BCUT2D eigenvalue weighted by atomic mass is 35.5. The fourth-order valence-electron chi connectivity index (χ4n) is 3.59. The van der Waals surface area contributed by atoms with Crippen LogP contribution >= 0.6 is 11.6 Å². The Balaban J connectivity index is 1.73. The van der Waals surface area contributed by atoms with Gasteiger partial charge in [-0.15, -0.1) is 0 Å². The van der Waals surface area contributed by atoms with E-state index in [0.29, 0.717) is 17.8 Å². The molecular formula is C21H17Cl. The van der Waals surface area contributed by atoms with Gasteiger partial charge in [-0.25, -0.2) is 0 Å². The van der Waals surface area contributed by atoms with Gasteiger partial charge < -0.3 is 0 Å². The minimum absolute atomic E-state index is 0.544. The maximum atomic E-state index is 6.04. The molecule has 0 unspecified atom stereocenters. The second kappa shape index (κ2) is 5.62. The number of benzene rings is 3. The van der Waals surface area contributed by atoms with Crippen LogP contribution in [0.1, 0.15) is 34.4 Å². The van der Waals surface area contributed by atoms with Gasteiger partial charge in [0, 0.05) is 5.02 Å². The number of hydrogen-bond acceptors (Lipinski definition) is 0. The third-order valence-corrected chi connectivity index (χ3v) is 4.90. The van der Waals surface area contributed by atoms with Crippen LogP contribution in [0.3, 0.4) is 0 Å². The van der Waals surface area contributed by atoms with Crippen molar-refractivity contribution in [2.45, 2.75) is 17.8 Å². The number of hydrogen-bond donors (Lipinski definition) is 0. The molecule has 1 aliphatic carbocycles. The highest BCUT2D eigenvalue weighted by molar-refractivity contribution is 6.30. The Morgan fingerprint density at radius 1 is 0.455 bits per heavy atom. The Kier molecular flexibility index (Phi) is 3.48. The third kappa shape index (κ3) is 2.44. The molecule has 108 valence electrons. The van der Waals surface area contributed by atoms with E-state index in [1.54, 1.807) is 0 Å². The third-order valence-electron chi connectivity index (χ3n) is 4.64. The maximum Gasteiger partial charge on any atom is 0.0406 e. The van der Waals surface area contributed by atoms with E-state index in [0.717, 1.165) is 5.02 Å². The van der Waals surface area contributed by atoms with E-state index >= 15 is 0 Å². The van der Waals surface area contributed by atoms with Crippen LogP contribution in [0.15, 0.2) is 84.9 Å². The van der Waals surface area contributed by atoms with Crippen molar-refractivity contribution in [3.05, 3.63) is 107 Å². The van der Waals surface area contributed by atoms with Gasteiger partial charge in [0.15, 0.2) is 0 Å². The first kappa shape index (κ1) is 13.6. The fourth-order valence-corrected chi connectivity index (χ4v) is 3.72. The van der Waals surface area contributed by atoms with E-state index in [4.69, 9.17) is 11.6 Å². The summed E-state index contributed by atoms with van der Waals surface area (Å²) in [7, 11) is 0. The Bertz CT molecular complexity index is 701. The summed E-state index contributed by atoms with van der Waals surface area (Å²) in [5, 5.41) is 0.803. The van der Waals surface area contributed by atoms with Crippen molar-refractivity contribution in [2.75, 3.05) is 0 Å². The zero-order valence-electron chi connectivity index (χ0n) is 12.2. The topological polar surface area (TPSA) is 0 Å². The van der Waals surface area contributed by atoms with Crippen LogP contribution in [0.5, 0.6) is 0 Å². The SMILES string of the molecule is Clc1ccc(C2[C@H](c3ccccc3)[C@H]2c2ccccc2)cc1. The number of halogens is 1. The average molecular weight is 305 g/mol. The van der Waals surface area contributed by atoms with Crippen molar-refractivity contribution < 1.29 is 0 Å². The van der Waals surface area contributed by atoms with Crippen molar-refractivity contribution in [2.24, 2.45) is 0 Å². The summed E-state index contributed by atoms with van der Waals surface area (Å²) in [5.74, 6) is 1.66. The monoisotopic (exact) mass is 304 g/mol. The largest absolute Gasteiger partial charge is 0.0843 e. The Morgan fingerprint density at radius 3 is 1.23 bits per heavy atom. The molecule has 0 radical (unpaired) electrons. The Morgan fingerprint density at radius 2 is 0.818 bits per heavy atom. The molecule has 0 spiro atoms. The minimum atomic E-state index is 0.544. The van der Waals surface area contributed by atoms with Crippen molar-refractivity contribution in [1.82, 2.24) is 0 Å². The summed E-state index contributed by atoms with van der Waals surface area (Å²) in [6.07, 6.45) is 0. The minimum Gasteiger partial charge on any atom is -0.0843 e. The molecule has 2 atom stereocenters. The summed E-state index contributed by atoms with van der Waals surface area (Å²) in [5.41, 5.74) is 4.24. The molecule has 0 heterocycles. The molecule has 0 saturated heterocycles. The molecule has 0 bridgehead atoms. The molecule has 0 amide bonds. The quantitative estimate of drug-likeness (QED) is 0.556. The molecular weight excluding hydrogens is 288 g/mol. The summed E-state index contributed by atoms with van der Waals surface area (Å²) >= 11 is 6.04. The summed E-state index contributed by atoms with van der Waals surface area (Å²) < 4.78 is 0. The first-order valence-electron chi connectivity index (χ1n) is 7.70. The van der Waals surface area contributed by atoms with E-state index in [1.807, 2.05) is 12.1 Å². The molecule has 0 N–H and O–H groups in total. The van der Waals surface area contributed by atoms with Gasteiger partial charge in [0.05, 0.1) is 0 Å². The molecule has 3 aromatic carbocycles. The lowest BCUT2D eigenvalue weighted by Gasteiger charge is -2.01. The molecule has 1 aliphatic rings. The molecule has 1 heteroatoms. The lowest BCUT2D eigenvalue weighted by molar-refractivity contribution is 1.03. The van der Waals surface area contributed by atoms with Gasteiger partial charge in [0.2, 0.25) is 0 Å². The molecule has 1 saturated carbocycles. The average Bonchev–Trinajstić information content (AvgIpc) is 3.33. The zero-order chi connectivity index (χ0) is 14.9. The van der Waals surface area contributed by atoms with Crippen LogP contribution in [0.2, 0.25) is 5.02 Å². The van der Waals surface area contributed by atoms with Crippen molar-refractivity contribution in [1.29, 1.82) is 0 Å². The van der Waals surface area contributed by atoms with E-state index in [-0.39, 0.29) is 0 Å². The van der Waals surface area contributed by atoms with E-state index in [1.165, 1.54) is 16.7 Å². The van der Waals surface area contributed by atoms with E-state index in [2.05, 4.69) is 72.8 Å². The standard InChI is InChI=1S/C21H17Cl/c22-18-13-11-17(12-14-18)21-19(15-7-3-1-4-8-15)20(21)16-9-5-2-6-10-16/h1-14,19-21H/t19-,20-/m1/s1. The first-order valence-corrected chi connectivity index (χ1v) is 8.08. The molecule has 0 aliphatic heterocycles. The summed E-state index contributed by atoms with van der Waals surface area (Å²) in [6.45, 7) is 0. The van der Waals surface area contributed by atoms with Crippen molar-refractivity contribution in [3.8, 4) is 0 Å². The van der Waals surface area contributed by atoms with Crippen LogP contribution in [0.25, 0.3) is 0 Å². The molecule has 0 aromatic heterocycles. The van der Waals surface area contributed by atoms with Gasteiger partial charge in [0.1, 0.15) is 0 Å². The van der Waals surface area contributed by atoms with Crippen molar-refractivity contribution >= 4 is 11.6 Å². The lowest BCUT2D eigenvalue weighted by Crippen LogP contribution is -1.83. The van der Waals surface area contributed by atoms with Gasteiger partial charge >= 0.3 is 0 Å². The Labute approximate surface area is 136 Å². The van der Waals surface area contributed by atoms with Gasteiger partial charge in [-0.05, 0) is 46.6 Å². The lowest BCUT2D eigenvalue weighted by atomic mass is 10.0. The second-order valence-corrected chi connectivity index (χ2v) is 6.39. The Hall–Kier alpha value is -2.05. The predicted octanol–water partition coefficient (Wildman–Crippen LogP) is 6.00. The van der Waals surface area contributed by atoms with Crippen LogP contribution in [0.4, 0.5) is 0 Å². The van der Waals surface area contributed by atoms with Crippen LogP contribution in [-0.2, 0) is 0 Å². The predicted molar refractivity (Wildman–Crippen MR) is 92.6 cm³/mol. The van der Waals surface area contributed by atoms with Crippen LogP contribution in [-0.4, -0.2) is 0 Å². The van der Waals surface area contributed by atoms with E-state index in [9.17, 15) is 0 Å². The maximum absolute atomic E-state index is 6.04. The van der Waals surface area contributed by atoms with Crippen LogP contribution < -0.4 is 0 Å². The van der Waals surface area contributed by atoms with Crippen molar-refractivity contribution in [3.63, 3.8) is 0 Å². The smallest absolute Gasteiger partial charge is 0.0406 e.